The van der Waals surface area contributed by atoms with E-state index in [1.54, 1.807) is 26.2 Å². The van der Waals surface area contributed by atoms with Gasteiger partial charge < -0.3 is 16.4 Å². The van der Waals surface area contributed by atoms with Crippen molar-refractivity contribution in [1.82, 2.24) is 10.6 Å². The summed E-state index contributed by atoms with van der Waals surface area (Å²) in [5.41, 5.74) is 6.24. The first-order valence-corrected chi connectivity index (χ1v) is 5.99. The summed E-state index contributed by atoms with van der Waals surface area (Å²) in [5.74, 6) is -0.489. The van der Waals surface area contributed by atoms with Gasteiger partial charge in [-0.2, -0.15) is 0 Å². The summed E-state index contributed by atoms with van der Waals surface area (Å²) in [5, 5.41) is 5.85. The lowest BCUT2D eigenvalue weighted by Gasteiger charge is -2.16. The summed E-state index contributed by atoms with van der Waals surface area (Å²) in [4.78, 5) is 15.4. The summed E-state index contributed by atoms with van der Waals surface area (Å²) in [7, 11) is 3.37. The molecule has 0 fully saturated rings. The average molecular weight is 266 g/mol. The molecule has 0 saturated heterocycles. The Morgan fingerprint density at radius 3 is 2.53 bits per heavy atom. The fourth-order valence-electron chi connectivity index (χ4n) is 1.68. The van der Waals surface area contributed by atoms with Gasteiger partial charge in [0, 0.05) is 20.6 Å². The lowest BCUT2D eigenvalue weighted by atomic mass is 9.98. The molecule has 4 N–H and O–H groups in total. The van der Waals surface area contributed by atoms with Gasteiger partial charge in [-0.25, -0.2) is 4.39 Å². The number of primary amides is 1. The first kappa shape index (κ1) is 14.9. The van der Waals surface area contributed by atoms with Crippen LogP contribution in [0.3, 0.4) is 0 Å². The molecule has 104 valence electrons. The standard InChI is InChI=1S/C13H19FN4O/c1-16-13(17-2)18-8-10(12(15)19)7-9-3-5-11(14)6-4-9/h3-6,10H,7-8H2,1-2H3,(H2,15,19)(H2,16,17,18). The highest BCUT2D eigenvalue weighted by Gasteiger charge is 2.16. The van der Waals surface area contributed by atoms with E-state index >= 15 is 0 Å². The van der Waals surface area contributed by atoms with Crippen LogP contribution in [0, 0.1) is 11.7 Å². The number of carbonyl (C=O) groups excluding carboxylic acids is 1. The monoisotopic (exact) mass is 266 g/mol. The van der Waals surface area contributed by atoms with Crippen molar-refractivity contribution >= 4 is 11.9 Å². The molecule has 0 aliphatic heterocycles. The van der Waals surface area contributed by atoms with Crippen molar-refractivity contribution in [2.45, 2.75) is 6.42 Å². The molecule has 5 nitrogen and oxygen atoms in total. The number of carbonyl (C=O) groups is 1. The zero-order valence-electron chi connectivity index (χ0n) is 11.1. The smallest absolute Gasteiger partial charge is 0.222 e. The number of benzene rings is 1. The minimum absolute atomic E-state index is 0.298. The minimum atomic E-state index is -0.400. The maximum absolute atomic E-state index is 12.8. The first-order chi connectivity index (χ1) is 9.06. The van der Waals surface area contributed by atoms with E-state index in [0.717, 1.165) is 5.56 Å². The lowest BCUT2D eigenvalue weighted by molar-refractivity contribution is -0.121. The number of halogens is 1. The predicted octanol–water partition coefficient (Wildman–Crippen LogP) is 0.265. The van der Waals surface area contributed by atoms with E-state index in [9.17, 15) is 9.18 Å². The Morgan fingerprint density at radius 1 is 1.42 bits per heavy atom. The molecule has 1 amide bonds. The van der Waals surface area contributed by atoms with Gasteiger partial charge in [0.25, 0.3) is 0 Å². The normalized spacial score (nSPS) is 12.9. The third kappa shape index (κ3) is 4.95. The molecule has 0 aromatic heterocycles. The summed E-state index contributed by atoms with van der Waals surface area (Å²) < 4.78 is 12.8. The maximum Gasteiger partial charge on any atom is 0.222 e. The van der Waals surface area contributed by atoms with E-state index in [0.29, 0.717) is 18.9 Å². The molecule has 0 saturated carbocycles. The average Bonchev–Trinajstić information content (AvgIpc) is 2.40. The molecular formula is C13H19FN4O. The Labute approximate surface area is 112 Å². The van der Waals surface area contributed by atoms with Crippen molar-refractivity contribution in [1.29, 1.82) is 0 Å². The van der Waals surface area contributed by atoms with Gasteiger partial charge in [0.1, 0.15) is 5.82 Å². The van der Waals surface area contributed by atoms with Crippen LogP contribution in [0.15, 0.2) is 29.3 Å². The van der Waals surface area contributed by atoms with Gasteiger partial charge in [0.2, 0.25) is 5.91 Å². The van der Waals surface area contributed by atoms with Crippen LogP contribution in [0.2, 0.25) is 0 Å². The Balaban J connectivity index is 2.63. The van der Waals surface area contributed by atoms with Crippen molar-refractivity contribution in [3.8, 4) is 0 Å². The number of hydrogen-bond acceptors (Lipinski definition) is 2. The molecule has 0 spiro atoms. The van der Waals surface area contributed by atoms with E-state index in [-0.39, 0.29) is 11.7 Å². The van der Waals surface area contributed by atoms with Gasteiger partial charge in [-0.1, -0.05) is 12.1 Å². The number of nitrogens with one attached hydrogen (secondary N) is 2. The Hall–Kier alpha value is -2.11. The zero-order valence-corrected chi connectivity index (χ0v) is 11.1. The SMILES string of the molecule is CN=C(NC)NCC(Cc1ccc(F)cc1)C(N)=O. The van der Waals surface area contributed by atoms with Gasteiger partial charge in [0.05, 0.1) is 5.92 Å². The first-order valence-electron chi connectivity index (χ1n) is 5.99. The number of aliphatic imine (C=N–C) groups is 1. The quantitative estimate of drug-likeness (QED) is 0.528. The molecule has 0 aliphatic rings. The second-order valence-corrected chi connectivity index (χ2v) is 4.13. The molecule has 6 heteroatoms. The van der Waals surface area contributed by atoms with Gasteiger partial charge in [-0.3, -0.25) is 9.79 Å². The Morgan fingerprint density at radius 2 is 2.05 bits per heavy atom. The van der Waals surface area contributed by atoms with Crippen LogP contribution in [0.25, 0.3) is 0 Å². The van der Waals surface area contributed by atoms with Crippen LogP contribution in [-0.2, 0) is 11.2 Å². The number of rotatable bonds is 5. The van der Waals surface area contributed by atoms with Crippen molar-refractivity contribution in [3.63, 3.8) is 0 Å². The summed E-state index contributed by atoms with van der Waals surface area (Å²) >= 11 is 0. The molecule has 1 unspecified atom stereocenters. The van der Waals surface area contributed by atoms with E-state index in [4.69, 9.17) is 5.73 Å². The van der Waals surface area contributed by atoms with E-state index in [1.165, 1.54) is 12.1 Å². The fourth-order valence-corrected chi connectivity index (χ4v) is 1.68. The van der Waals surface area contributed by atoms with Crippen molar-refractivity contribution in [2.24, 2.45) is 16.6 Å². The number of guanidine groups is 1. The largest absolute Gasteiger partial charge is 0.369 e. The third-order valence-electron chi connectivity index (χ3n) is 2.77. The highest BCUT2D eigenvalue weighted by molar-refractivity contribution is 5.81. The van der Waals surface area contributed by atoms with Crippen molar-refractivity contribution in [3.05, 3.63) is 35.6 Å². The molecule has 0 heterocycles. The van der Waals surface area contributed by atoms with Crippen LogP contribution < -0.4 is 16.4 Å². The minimum Gasteiger partial charge on any atom is -0.369 e. The van der Waals surface area contributed by atoms with Crippen LogP contribution >= 0.6 is 0 Å². The molecule has 1 aromatic rings. The Kier molecular flexibility index (Phi) is 5.78. The van der Waals surface area contributed by atoms with Gasteiger partial charge in [0.15, 0.2) is 5.96 Å². The topological polar surface area (TPSA) is 79.5 Å². The molecular weight excluding hydrogens is 247 g/mol. The van der Waals surface area contributed by atoms with E-state index < -0.39 is 5.91 Å². The molecule has 0 aliphatic carbocycles. The van der Waals surface area contributed by atoms with Crippen LogP contribution in [0.1, 0.15) is 5.56 Å². The maximum atomic E-state index is 12.8. The highest BCUT2D eigenvalue weighted by atomic mass is 19.1. The van der Waals surface area contributed by atoms with E-state index in [1.807, 2.05) is 0 Å². The summed E-state index contributed by atoms with van der Waals surface area (Å²) in [6.45, 7) is 0.375. The Bertz CT molecular complexity index is 444. The molecule has 0 radical (unpaired) electrons. The molecule has 0 bridgehead atoms. The second-order valence-electron chi connectivity index (χ2n) is 4.13. The summed E-state index contributed by atoms with van der Waals surface area (Å²) in [6.07, 6.45) is 0.462. The fraction of sp³-hybridized carbons (Fsp3) is 0.385. The number of amides is 1. The van der Waals surface area contributed by atoms with Crippen molar-refractivity contribution in [2.75, 3.05) is 20.6 Å². The molecule has 1 rings (SSSR count). The molecule has 1 aromatic carbocycles. The summed E-state index contributed by atoms with van der Waals surface area (Å²) in [6, 6.07) is 6.04. The second kappa shape index (κ2) is 7.35. The van der Waals surface area contributed by atoms with Crippen LogP contribution in [0.4, 0.5) is 4.39 Å². The predicted molar refractivity (Wildman–Crippen MR) is 73.2 cm³/mol. The number of nitrogens with zero attached hydrogens (tertiary/aromatic N) is 1. The molecule has 19 heavy (non-hydrogen) atoms. The zero-order chi connectivity index (χ0) is 14.3. The molecule has 1 atom stereocenters. The van der Waals surface area contributed by atoms with Crippen LogP contribution in [-0.4, -0.2) is 32.5 Å². The third-order valence-corrected chi connectivity index (χ3v) is 2.77. The highest BCUT2D eigenvalue weighted by Crippen LogP contribution is 2.09. The van der Waals surface area contributed by atoms with Crippen LogP contribution in [0.5, 0.6) is 0 Å². The van der Waals surface area contributed by atoms with Crippen molar-refractivity contribution < 1.29 is 9.18 Å². The number of nitrogens with two attached hydrogens (primary N) is 1. The lowest BCUT2D eigenvalue weighted by Crippen LogP contribution is -2.41. The van der Waals surface area contributed by atoms with Gasteiger partial charge in [-0.15, -0.1) is 0 Å². The number of hydrogen-bond donors (Lipinski definition) is 3. The van der Waals surface area contributed by atoms with Gasteiger partial charge in [-0.05, 0) is 24.1 Å². The van der Waals surface area contributed by atoms with E-state index in [2.05, 4.69) is 15.6 Å². The van der Waals surface area contributed by atoms with Gasteiger partial charge >= 0.3 is 0 Å².